The first-order chi connectivity index (χ1) is 11.0. The molecule has 1 aromatic carbocycles. The summed E-state index contributed by atoms with van der Waals surface area (Å²) in [6.07, 6.45) is 4.58. The molecule has 2 unspecified atom stereocenters. The van der Waals surface area contributed by atoms with Gasteiger partial charge < -0.3 is 15.5 Å². The molecule has 2 fully saturated rings. The number of fused-ring (bicyclic) bond motifs is 2. The molecule has 2 atom stereocenters. The number of carbonyl (C=O) groups is 2. The van der Waals surface area contributed by atoms with Gasteiger partial charge in [-0.05, 0) is 43.4 Å². The van der Waals surface area contributed by atoms with Crippen molar-refractivity contribution >= 4 is 11.8 Å². The lowest BCUT2D eigenvalue weighted by Gasteiger charge is -2.35. The standard InChI is InChI=1S/C18H25N3O2/c1-12(22)19-11-13-3-5-14(6-4-13)18(23)21(2)17-9-15-7-8-16(10-17)20-15/h3-6,15-17,20H,7-11H2,1-2H3,(H,19,22). The van der Waals surface area contributed by atoms with Gasteiger partial charge in [-0.1, -0.05) is 12.1 Å². The Morgan fingerprint density at radius 2 is 1.78 bits per heavy atom. The van der Waals surface area contributed by atoms with Crippen molar-refractivity contribution in [1.82, 2.24) is 15.5 Å². The van der Waals surface area contributed by atoms with Crippen molar-refractivity contribution in [3.63, 3.8) is 0 Å². The minimum Gasteiger partial charge on any atom is -0.352 e. The first kappa shape index (κ1) is 16.0. The highest BCUT2D eigenvalue weighted by Crippen LogP contribution is 2.29. The summed E-state index contributed by atoms with van der Waals surface area (Å²) >= 11 is 0. The Balaban J connectivity index is 1.61. The highest BCUT2D eigenvalue weighted by atomic mass is 16.2. The van der Waals surface area contributed by atoms with Crippen LogP contribution in [0.1, 0.15) is 48.5 Å². The van der Waals surface area contributed by atoms with Crippen LogP contribution < -0.4 is 10.6 Å². The Bertz CT molecular complexity index is 572. The van der Waals surface area contributed by atoms with Gasteiger partial charge in [-0.3, -0.25) is 9.59 Å². The lowest BCUT2D eigenvalue weighted by atomic mass is 9.98. The van der Waals surface area contributed by atoms with E-state index >= 15 is 0 Å². The monoisotopic (exact) mass is 315 g/mol. The van der Waals surface area contributed by atoms with Gasteiger partial charge in [-0.2, -0.15) is 0 Å². The minimum atomic E-state index is -0.0505. The van der Waals surface area contributed by atoms with Crippen molar-refractivity contribution in [2.75, 3.05) is 7.05 Å². The van der Waals surface area contributed by atoms with E-state index in [0.29, 0.717) is 30.2 Å². The zero-order chi connectivity index (χ0) is 16.4. The molecule has 2 aliphatic heterocycles. The lowest BCUT2D eigenvalue weighted by Crippen LogP contribution is -2.48. The summed E-state index contributed by atoms with van der Waals surface area (Å²) < 4.78 is 0. The highest BCUT2D eigenvalue weighted by molar-refractivity contribution is 5.94. The largest absolute Gasteiger partial charge is 0.352 e. The Kier molecular flexibility index (Phi) is 4.66. The van der Waals surface area contributed by atoms with E-state index in [-0.39, 0.29) is 11.8 Å². The summed E-state index contributed by atoms with van der Waals surface area (Å²) in [6, 6.07) is 9.01. The highest BCUT2D eigenvalue weighted by Gasteiger charge is 2.36. The van der Waals surface area contributed by atoms with Gasteiger partial charge in [0.2, 0.25) is 5.91 Å². The molecule has 2 heterocycles. The van der Waals surface area contributed by atoms with E-state index in [1.165, 1.54) is 19.8 Å². The van der Waals surface area contributed by atoms with Crippen molar-refractivity contribution in [3.05, 3.63) is 35.4 Å². The van der Waals surface area contributed by atoms with Gasteiger partial charge in [0.15, 0.2) is 0 Å². The molecular weight excluding hydrogens is 290 g/mol. The molecule has 124 valence electrons. The number of hydrogen-bond donors (Lipinski definition) is 2. The summed E-state index contributed by atoms with van der Waals surface area (Å²) in [5.74, 6) is 0.0350. The maximum atomic E-state index is 12.7. The van der Waals surface area contributed by atoms with Crippen LogP contribution in [0.15, 0.2) is 24.3 Å². The number of benzene rings is 1. The Morgan fingerprint density at radius 3 is 2.35 bits per heavy atom. The van der Waals surface area contributed by atoms with Gasteiger partial charge in [0.05, 0.1) is 0 Å². The third kappa shape index (κ3) is 3.72. The average Bonchev–Trinajstić information content (AvgIpc) is 2.90. The summed E-state index contributed by atoms with van der Waals surface area (Å²) in [5.41, 5.74) is 1.71. The first-order valence-corrected chi connectivity index (χ1v) is 8.39. The average molecular weight is 315 g/mol. The fourth-order valence-corrected chi connectivity index (χ4v) is 3.70. The van der Waals surface area contributed by atoms with Gasteiger partial charge in [0, 0.05) is 44.2 Å². The maximum absolute atomic E-state index is 12.7. The predicted octanol–water partition coefficient (Wildman–Crippen LogP) is 1.68. The second kappa shape index (κ2) is 6.71. The third-order valence-electron chi connectivity index (χ3n) is 5.06. The van der Waals surface area contributed by atoms with Gasteiger partial charge in [-0.15, -0.1) is 0 Å². The summed E-state index contributed by atoms with van der Waals surface area (Å²) in [7, 11) is 1.92. The summed E-state index contributed by atoms with van der Waals surface area (Å²) in [4.78, 5) is 25.5. The van der Waals surface area contributed by atoms with Crippen molar-refractivity contribution < 1.29 is 9.59 Å². The molecule has 1 aromatic rings. The molecule has 2 aliphatic rings. The van der Waals surface area contributed by atoms with Crippen LogP contribution in [0.2, 0.25) is 0 Å². The smallest absolute Gasteiger partial charge is 0.253 e. The second-order valence-corrected chi connectivity index (χ2v) is 6.79. The van der Waals surface area contributed by atoms with E-state index < -0.39 is 0 Å². The molecule has 0 spiro atoms. The van der Waals surface area contributed by atoms with E-state index in [4.69, 9.17) is 0 Å². The number of piperidine rings is 1. The van der Waals surface area contributed by atoms with Crippen molar-refractivity contribution in [2.45, 2.75) is 57.3 Å². The predicted molar refractivity (Wildman–Crippen MR) is 89.0 cm³/mol. The van der Waals surface area contributed by atoms with E-state index in [2.05, 4.69) is 10.6 Å². The Labute approximate surface area is 137 Å². The van der Waals surface area contributed by atoms with Crippen LogP contribution in [0.4, 0.5) is 0 Å². The van der Waals surface area contributed by atoms with Crippen LogP contribution in [0.5, 0.6) is 0 Å². The molecule has 2 amide bonds. The molecule has 0 saturated carbocycles. The van der Waals surface area contributed by atoms with Gasteiger partial charge in [-0.25, -0.2) is 0 Å². The van der Waals surface area contributed by atoms with Crippen LogP contribution in [0.3, 0.4) is 0 Å². The zero-order valence-corrected chi connectivity index (χ0v) is 13.8. The quantitative estimate of drug-likeness (QED) is 0.888. The molecular formula is C18H25N3O2. The van der Waals surface area contributed by atoms with E-state index in [9.17, 15) is 9.59 Å². The molecule has 0 radical (unpaired) electrons. The molecule has 2 saturated heterocycles. The van der Waals surface area contributed by atoms with Crippen LogP contribution in [0.25, 0.3) is 0 Å². The van der Waals surface area contributed by atoms with Crippen molar-refractivity contribution in [3.8, 4) is 0 Å². The fourth-order valence-electron chi connectivity index (χ4n) is 3.70. The molecule has 2 bridgehead atoms. The Hall–Kier alpha value is -1.88. The molecule has 0 aliphatic carbocycles. The van der Waals surface area contributed by atoms with Crippen LogP contribution in [0, 0.1) is 0 Å². The number of rotatable bonds is 4. The van der Waals surface area contributed by atoms with Crippen molar-refractivity contribution in [2.24, 2.45) is 0 Å². The Morgan fingerprint density at radius 1 is 1.17 bits per heavy atom. The number of carbonyl (C=O) groups excluding carboxylic acids is 2. The normalized spacial score (nSPS) is 25.9. The van der Waals surface area contributed by atoms with Crippen LogP contribution >= 0.6 is 0 Å². The maximum Gasteiger partial charge on any atom is 0.253 e. The third-order valence-corrected chi connectivity index (χ3v) is 5.06. The first-order valence-electron chi connectivity index (χ1n) is 8.39. The SMILES string of the molecule is CC(=O)NCc1ccc(C(=O)N(C)C2CC3CCC(C2)N3)cc1. The molecule has 0 aromatic heterocycles. The number of nitrogens with zero attached hydrogens (tertiary/aromatic N) is 1. The van der Waals surface area contributed by atoms with Gasteiger partial charge >= 0.3 is 0 Å². The summed E-state index contributed by atoms with van der Waals surface area (Å²) in [5, 5.41) is 6.37. The van der Waals surface area contributed by atoms with Crippen LogP contribution in [-0.4, -0.2) is 41.9 Å². The minimum absolute atomic E-state index is 0.0505. The van der Waals surface area contributed by atoms with Crippen molar-refractivity contribution in [1.29, 1.82) is 0 Å². The molecule has 5 heteroatoms. The van der Waals surface area contributed by atoms with E-state index in [0.717, 1.165) is 18.4 Å². The fraction of sp³-hybridized carbons (Fsp3) is 0.556. The van der Waals surface area contributed by atoms with E-state index in [1.54, 1.807) is 0 Å². The topological polar surface area (TPSA) is 61.4 Å². The molecule has 3 rings (SSSR count). The zero-order valence-electron chi connectivity index (χ0n) is 13.8. The lowest BCUT2D eigenvalue weighted by molar-refractivity contribution is -0.119. The van der Waals surface area contributed by atoms with E-state index in [1.807, 2.05) is 36.2 Å². The second-order valence-electron chi connectivity index (χ2n) is 6.79. The molecule has 5 nitrogen and oxygen atoms in total. The molecule has 23 heavy (non-hydrogen) atoms. The number of amides is 2. The van der Waals surface area contributed by atoms with Gasteiger partial charge in [0.1, 0.15) is 0 Å². The number of hydrogen-bond acceptors (Lipinski definition) is 3. The van der Waals surface area contributed by atoms with Crippen LogP contribution in [-0.2, 0) is 11.3 Å². The molecule has 2 N–H and O–H groups in total. The van der Waals surface area contributed by atoms with Gasteiger partial charge in [0.25, 0.3) is 5.91 Å². The summed E-state index contributed by atoms with van der Waals surface area (Å²) in [6.45, 7) is 2.00. The number of nitrogens with one attached hydrogen (secondary N) is 2.